The van der Waals surface area contributed by atoms with Crippen molar-refractivity contribution in [3.05, 3.63) is 11.2 Å². The van der Waals surface area contributed by atoms with Crippen LogP contribution in [0.25, 0.3) is 0 Å². The number of rotatable bonds is 6. The SMILES string of the molecule is CCCNc1ncc(Cl)c(N2CCC(COC)CC2)n1. The Labute approximate surface area is 125 Å². The Balaban J connectivity index is 2.01. The molecule has 1 aliphatic heterocycles. The summed E-state index contributed by atoms with van der Waals surface area (Å²) in [6.45, 7) is 5.77. The molecule has 1 saturated heterocycles. The van der Waals surface area contributed by atoms with Crippen LogP contribution in [-0.2, 0) is 4.74 Å². The van der Waals surface area contributed by atoms with Crippen LogP contribution < -0.4 is 10.2 Å². The highest BCUT2D eigenvalue weighted by Crippen LogP contribution is 2.28. The van der Waals surface area contributed by atoms with Gasteiger partial charge in [0.15, 0.2) is 5.82 Å². The maximum absolute atomic E-state index is 6.24. The third-order valence-electron chi connectivity index (χ3n) is 3.58. The minimum absolute atomic E-state index is 0.622. The Hall–Kier alpha value is -1.07. The molecule has 0 atom stereocenters. The highest BCUT2D eigenvalue weighted by Gasteiger charge is 2.22. The first kappa shape index (κ1) is 15.3. The molecule has 1 aromatic rings. The number of piperidine rings is 1. The second-order valence-electron chi connectivity index (χ2n) is 5.18. The van der Waals surface area contributed by atoms with Crippen molar-refractivity contribution in [3.63, 3.8) is 0 Å². The summed E-state index contributed by atoms with van der Waals surface area (Å²) in [6, 6.07) is 0. The van der Waals surface area contributed by atoms with Gasteiger partial charge >= 0.3 is 0 Å². The van der Waals surface area contributed by atoms with Gasteiger partial charge in [-0.2, -0.15) is 4.98 Å². The van der Waals surface area contributed by atoms with Gasteiger partial charge in [0, 0.05) is 33.4 Å². The molecular formula is C14H23ClN4O. The zero-order chi connectivity index (χ0) is 14.4. The Morgan fingerprint density at radius 3 is 2.85 bits per heavy atom. The number of hydrogen-bond acceptors (Lipinski definition) is 5. The zero-order valence-electron chi connectivity index (χ0n) is 12.2. The average Bonchev–Trinajstić information content (AvgIpc) is 2.48. The van der Waals surface area contributed by atoms with E-state index in [1.807, 2.05) is 0 Å². The normalized spacial score (nSPS) is 16.4. The summed E-state index contributed by atoms with van der Waals surface area (Å²) in [6.07, 6.45) is 4.96. The van der Waals surface area contributed by atoms with Crippen molar-refractivity contribution in [1.82, 2.24) is 9.97 Å². The second-order valence-corrected chi connectivity index (χ2v) is 5.58. The summed E-state index contributed by atoms with van der Waals surface area (Å²) < 4.78 is 5.23. The van der Waals surface area contributed by atoms with E-state index in [1.54, 1.807) is 13.3 Å². The van der Waals surface area contributed by atoms with Gasteiger partial charge in [-0.15, -0.1) is 0 Å². The monoisotopic (exact) mass is 298 g/mol. The molecule has 1 aromatic heterocycles. The third kappa shape index (κ3) is 3.96. The van der Waals surface area contributed by atoms with Crippen molar-refractivity contribution in [3.8, 4) is 0 Å². The molecule has 0 unspecified atom stereocenters. The molecule has 0 aliphatic carbocycles. The van der Waals surface area contributed by atoms with Crippen LogP contribution in [0, 0.1) is 5.92 Å². The van der Waals surface area contributed by atoms with Crippen LogP contribution in [0.5, 0.6) is 0 Å². The number of anilines is 2. The van der Waals surface area contributed by atoms with Gasteiger partial charge in [0.05, 0.1) is 6.20 Å². The van der Waals surface area contributed by atoms with Crippen molar-refractivity contribution in [2.75, 3.05) is 43.6 Å². The van der Waals surface area contributed by atoms with E-state index in [4.69, 9.17) is 16.3 Å². The van der Waals surface area contributed by atoms with E-state index in [1.165, 1.54) is 0 Å². The van der Waals surface area contributed by atoms with Crippen molar-refractivity contribution >= 4 is 23.4 Å². The molecule has 0 aromatic carbocycles. The van der Waals surface area contributed by atoms with Crippen molar-refractivity contribution in [2.45, 2.75) is 26.2 Å². The molecule has 0 spiro atoms. The largest absolute Gasteiger partial charge is 0.384 e. The topological polar surface area (TPSA) is 50.3 Å². The van der Waals surface area contributed by atoms with Crippen LogP contribution in [0.3, 0.4) is 0 Å². The lowest BCUT2D eigenvalue weighted by Gasteiger charge is -2.32. The van der Waals surface area contributed by atoms with Crippen LogP contribution in [0.15, 0.2) is 6.20 Å². The van der Waals surface area contributed by atoms with Gasteiger partial charge in [-0.05, 0) is 25.2 Å². The van der Waals surface area contributed by atoms with Gasteiger partial charge in [-0.3, -0.25) is 0 Å². The maximum Gasteiger partial charge on any atom is 0.224 e. The molecule has 0 saturated carbocycles. The lowest BCUT2D eigenvalue weighted by Crippen LogP contribution is -2.35. The predicted octanol–water partition coefficient (Wildman–Crippen LogP) is 2.81. The van der Waals surface area contributed by atoms with Crippen LogP contribution in [0.4, 0.5) is 11.8 Å². The predicted molar refractivity (Wildman–Crippen MR) is 82.6 cm³/mol. The fourth-order valence-corrected chi connectivity index (χ4v) is 2.66. The standard InChI is InChI=1S/C14H23ClN4O/c1-3-6-16-14-17-9-12(15)13(18-14)19-7-4-11(5-8-19)10-20-2/h9,11H,3-8,10H2,1-2H3,(H,16,17,18). The van der Waals surface area contributed by atoms with Gasteiger partial charge in [0.25, 0.3) is 0 Å². The molecule has 1 aliphatic rings. The van der Waals surface area contributed by atoms with Crippen molar-refractivity contribution in [2.24, 2.45) is 5.92 Å². The van der Waals surface area contributed by atoms with Gasteiger partial charge in [-0.25, -0.2) is 4.98 Å². The van der Waals surface area contributed by atoms with Gasteiger partial charge in [0.2, 0.25) is 5.95 Å². The molecule has 2 rings (SSSR count). The van der Waals surface area contributed by atoms with E-state index in [-0.39, 0.29) is 0 Å². The summed E-state index contributed by atoms with van der Waals surface area (Å²) in [5.74, 6) is 2.15. The van der Waals surface area contributed by atoms with Crippen molar-refractivity contribution < 1.29 is 4.74 Å². The average molecular weight is 299 g/mol. The maximum atomic E-state index is 6.24. The quantitative estimate of drug-likeness (QED) is 0.875. The highest BCUT2D eigenvalue weighted by atomic mass is 35.5. The number of hydrogen-bond donors (Lipinski definition) is 1. The molecule has 0 bridgehead atoms. The number of halogens is 1. The molecule has 20 heavy (non-hydrogen) atoms. The van der Waals surface area contributed by atoms with Gasteiger partial charge in [0.1, 0.15) is 5.02 Å². The Bertz CT molecular complexity index is 422. The first-order valence-corrected chi connectivity index (χ1v) is 7.62. The molecule has 1 fully saturated rings. The van der Waals surface area contributed by atoms with Crippen LogP contribution >= 0.6 is 11.6 Å². The number of methoxy groups -OCH3 is 1. The molecule has 0 amide bonds. The number of aromatic nitrogens is 2. The van der Waals surface area contributed by atoms with Crippen LogP contribution in [0.1, 0.15) is 26.2 Å². The van der Waals surface area contributed by atoms with E-state index >= 15 is 0 Å². The molecule has 6 heteroatoms. The smallest absolute Gasteiger partial charge is 0.224 e. The third-order valence-corrected chi connectivity index (χ3v) is 3.84. The van der Waals surface area contributed by atoms with Crippen LogP contribution in [-0.4, -0.2) is 43.3 Å². The minimum atomic E-state index is 0.622. The fourth-order valence-electron chi connectivity index (χ4n) is 2.45. The first-order valence-electron chi connectivity index (χ1n) is 7.25. The summed E-state index contributed by atoms with van der Waals surface area (Å²) in [5, 5.41) is 3.83. The summed E-state index contributed by atoms with van der Waals surface area (Å²) >= 11 is 6.24. The van der Waals surface area contributed by atoms with E-state index in [0.717, 1.165) is 51.3 Å². The molecule has 112 valence electrons. The Morgan fingerprint density at radius 2 is 2.20 bits per heavy atom. The summed E-state index contributed by atoms with van der Waals surface area (Å²) in [4.78, 5) is 11.0. The van der Waals surface area contributed by atoms with E-state index in [2.05, 4.69) is 27.1 Å². The lowest BCUT2D eigenvalue weighted by molar-refractivity contribution is 0.139. The summed E-state index contributed by atoms with van der Waals surface area (Å²) in [7, 11) is 1.76. The van der Waals surface area contributed by atoms with E-state index in [0.29, 0.717) is 16.9 Å². The van der Waals surface area contributed by atoms with Crippen LogP contribution in [0.2, 0.25) is 5.02 Å². The minimum Gasteiger partial charge on any atom is -0.384 e. The molecule has 1 N–H and O–H groups in total. The second kappa shape index (κ2) is 7.64. The number of nitrogens with one attached hydrogen (secondary N) is 1. The molecule has 5 nitrogen and oxygen atoms in total. The van der Waals surface area contributed by atoms with Gasteiger partial charge < -0.3 is 15.0 Å². The van der Waals surface area contributed by atoms with E-state index < -0.39 is 0 Å². The Kier molecular flexibility index (Phi) is 5.86. The fraction of sp³-hybridized carbons (Fsp3) is 0.714. The Morgan fingerprint density at radius 1 is 1.45 bits per heavy atom. The zero-order valence-corrected chi connectivity index (χ0v) is 13.0. The van der Waals surface area contributed by atoms with Crippen molar-refractivity contribution in [1.29, 1.82) is 0 Å². The molecule has 2 heterocycles. The van der Waals surface area contributed by atoms with Gasteiger partial charge in [-0.1, -0.05) is 18.5 Å². The molecule has 0 radical (unpaired) electrons. The highest BCUT2D eigenvalue weighted by molar-refractivity contribution is 6.32. The summed E-state index contributed by atoms with van der Waals surface area (Å²) in [5.41, 5.74) is 0. The molecular weight excluding hydrogens is 276 g/mol. The first-order chi connectivity index (χ1) is 9.74. The van der Waals surface area contributed by atoms with E-state index in [9.17, 15) is 0 Å². The lowest BCUT2D eigenvalue weighted by atomic mass is 9.98. The number of nitrogens with zero attached hydrogens (tertiary/aromatic N) is 3. The number of ether oxygens (including phenoxy) is 1.